The highest BCUT2D eigenvalue weighted by atomic mass is 35.5. The summed E-state index contributed by atoms with van der Waals surface area (Å²) < 4.78 is 5.65. The fraction of sp³-hybridized carbons (Fsp3) is 0.588. The fourth-order valence-electron chi connectivity index (χ4n) is 2.36. The van der Waals surface area contributed by atoms with Crippen LogP contribution in [0.15, 0.2) is 24.3 Å². The van der Waals surface area contributed by atoms with Crippen LogP contribution in [0.4, 0.5) is 0 Å². The number of thioether (sulfide) groups is 1. The van der Waals surface area contributed by atoms with E-state index in [0.29, 0.717) is 31.5 Å². The van der Waals surface area contributed by atoms with Gasteiger partial charge in [0.15, 0.2) is 0 Å². The molecule has 1 unspecified atom stereocenters. The Morgan fingerprint density at radius 3 is 2.74 bits per heavy atom. The molecule has 1 atom stereocenters. The van der Waals surface area contributed by atoms with Crippen molar-refractivity contribution in [2.45, 2.75) is 32.2 Å². The molecule has 130 valence electrons. The van der Waals surface area contributed by atoms with Gasteiger partial charge in [-0.25, -0.2) is 0 Å². The van der Waals surface area contributed by atoms with Crippen molar-refractivity contribution < 1.29 is 9.53 Å². The Bertz CT molecular complexity index is 462. The summed E-state index contributed by atoms with van der Waals surface area (Å²) in [6, 6.07) is 8.46. The molecule has 1 aliphatic heterocycles. The topological polar surface area (TPSA) is 50.4 Å². The summed E-state index contributed by atoms with van der Waals surface area (Å²) >= 11 is 1.91. The second kappa shape index (κ2) is 10.8. The van der Waals surface area contributed by atoms with Crippen LogP contribution in [0.1, 0.15) is 31.7 Å². The summed E-state index contributed by atoms with van der Waals surface area (Å²) in [6.07, 6.45) is 0.552. The molecule has 4 nitrogen and oxygen atoms in total. The molecule has 2 N–H and O–H groups in total. The molecule has 0 aliphatic carbocycles. The monoisotopic (exact) mass is 358 g/mol. The van der Waals surface area contributed by atoms with Crippen molar-refractivity contribution in [2.75, 3.05) is 31.2 Å². The number of hydrogen-bond acceptors (Lipinski definition) is 4. The number of amides is 1. The van der Waals surface area contributed by atoms with Crippen LogP contribution in [0.3, 0.4) is 0 Å². The summed E-state index contributed by atoms with van der Waals surface area (Å²) in [7, 11) is 0. The van der Waals surface area contributed by atoms with Crippen LogP contribution in [-0.4, -0.2) is 43.2 Å². The van der Waals surface area contributed by atoms with Crippen molar-refractivity contribution in [3.05, 3.63) is 29.8 Å². The van der Waals surface area contributed by atoms with Gasteiger partial charge in [0, 0.05) is 30.5 Å². The van der Waals surface area contributed by atoms with Gasteiger partial charge in [-0.05, 0) is 23.6 Å². The van der Waals surface area contributed by atoms with E-state index in [2.05, 4.69) is 36.6 Å². The fourth-order valence-corrected chi connectivity index (χ4v) is 3.30. The van der Waals surface area contributed by atoms with Crippen LogP contribution < -0.4 is 15.4 Å². The normalized spacial score (nSPS) is 17.4. The van der Waals surface area contributed by atoms with E-state index in [1.165, 1.54) is 5.56 Å². The molecule has 23 heavy (non-hydrogen) atoms. The number of halogens is 1. The van der Waals surface area contributed by atoms with Crippen LogP contribution in [0, 0.1) is 0 Å². The molecule has 2 rings (SSSR count). The molecule has 1 fully saturated rings. The maximum Gasteiger partial charge on any atom is 0.221 e. The van der Waals surface area contributed by atoms with Gasteiger partial charge in [0.2, 0.25) is 5.91 Å². The Hall–Kier alpha value is -0.910. The van der Waals surface area contributed by atoms with Crippen LogP contribution in [0.5, 0.6) is 5.75 Å². The lowest BCUT2D eigenvalue weighted by molar-refractivity contribution is -0.121. The third kappa shape index (κ3) is 7.46. The number of nitrogens with one attached hydrogen (secondary N) is 2. The second-order valence-electron chi connectivity index (χ2n) is 5.85. The summed E-state index contributed by atoms with van der Waals surface area (Å²) in [4.78, 5) is 11.8. The van der Waals surface area contributed by atoms with Crippen LogP contribution in [-0.2, 0) is 4.79 Å². The van der Waals surface area contributed by atoms with E-state index in [4.69, 9.17) is 4.74 Å². The number of rotatable bonds is 7. The Morgan fingerprint density at radius 1 is 1.39 bits per heavy atom. The van der Waals surface area contributed by atoms with Gasteiger partial charge in [-0.1, -0.05) is 26.0 Å². The number of benzene rings is 1. The molecule has 1 saturated heterocycles. The first kappa shape index (κ1) is 20.1. The predicted octanol–water partition coefficient (Wildman–Crippen LogP) is 2.82. The van der Waals surface area contributed by atoms with Gasteiger partial charge in [0.25, 0.3) is 0 Å². The Kier molecular flexibility index (Phi) is 9.44. The van der Waals surface area contributed by atoms with Gasteiger partial charge in [-0.2, -0.15) is 11.8 Å². The highest BCUT2D eigenvalue weighted by Gasteiger charge is 2.16. The molecule has 1 aromatic rings. The van der Waals surface area contributed by atoms with Crippen LogP contribution >= 0.6 is 24.2 Å². The van der Waals surface area contributed by atoms with Crippen molar-refractivity contribution in [1.82, 2.24) is 10.6 Å². The van der Waals surface area contributed by atoms with Gasteiger partial charge in [0.05, 0.1) is 6.54 Å². The molecule has 0 aromatic heterocycles. The first-order valence-corrected chi connectivity index (χ1v) is 9.11. The van der Waals surface area contributed by atoms with Crippen molar-refractivity contribution >= 4 is 30.1 Å². The largest absolute Gasteiger partial charge is 0.492 e. The first-order chi connectivity index (χ1) is 10.6. The average Bonchev–Trinajstić information content (AvgIpc) is 2.53. The minimum Gasteiger partial charge on any atom is -0.492 e. The summed E-state index contributed by atoms with van der Waals surface area (Å²) in [5, 5.41) is 6.28. The third-order valence-electron chi connectivity index (χ3n) is 3.67. The number of ether oxygens (including phenoxy) is 1. The average molecular weight is 359 g/mol. The lowest BCUT2D eigenvalue weighted by atomic mass is 10.0. The van der Waals surface area contributed by atoms with Crippen molar-refractivity contribution in [1.29, 1.82) is 0 Å². The molecule has 0 spiro atoms. The van der Waals surface area contributed by atoms with Gasteiger partial charge >= 0.3 is 0 Å². The quantitative estimate of drug-likeness (QED) is 0.736. The lowest BCUT2D eigenvalue weighted by Gasteiger charge is -2.22. The zero-order valence-electron chi connectivity index (χ0n) is 13.8. The minimum atomic E-state index is 0. The highest BCUT2D eigenvalue weighted by molar-refractivity contribution is 7.99. The molecule has 1 aliphatic rings. The first-order valence-electron chi connectivity index (χ1n) is 7.95. The van der Waals surface area contributed by atoms with E-state index >= 15 is 0 Å². The summed E-state index contributed by atoms with van der Waals surface area (Å²) in [5.41, 5.74) is 1.30. The van der Waals surface area contributed by atoms with Gasteiger partial charge in [-0.3, -0.25) is 4.79 Å². The summed E-state index contributed by atoms with van der Waals surface area (Å²) in [5.74, 6) is 3.64. The highest BCUT2D eigenvalue weighted by Crippen LogP contribution is 2.18. The lowest BCUT2D eigenvalue weighted by Crippen LogP contribution is -2.41. The van der Waals surface area contributed by atoms with Crippen molar-refractivity contribution in [3.8, 4) is 5.75 Å². The molecule has 0 radical (unpaired) electrons. The van der Waals surface area contributed by atoms with E-state index < -0.39 is 0 Å². The smallest absolute Gasteiger partial charge is 0.221 e. The van der Waals surface area contributed by atoms with E-state index in [9.17, 15) is 4.79 Å². The summed E-state index contributed by atoms with van der Waals surface area (Å²) in [6.45, 7) is 6.39. The Labute approximate surface area is 149 Å². The zero-order chi connectivity index (χ0) is 15.8. The van der Waals surface area contributed by atoms with E-state index in [1.807, 2.05) is 23.9 Å². The molecule has 0 saturated carbocycles. The van der Waals surface area contributed by atoms with Crippen molar-refractivity contribution in [2.24, 2.45) is 0 Å². The molecule has 1 aromatic carbocycles. The maximum atomic E-state index is 11.8. The molecule has 0 bridgehead atoms. The van der Waals surface area contributed by atoms with Crippen molar-refractivity contribution in [3.63, 3.8) is 0 Å². The molecule has 1 heterocycles. The second-order valence-corrected chi connectivity index (χ2v) is 7.00. The van der Waals surface area contributed by atoms with Crippen LogP contribution in [0.25, 0.3) is 0 Å². The van der Waals surface area contributed by atoms with Gasteiger partial charge in [0.1, 0.15) is 12.4 Å². The van der Waals surface area contributed by atoms with Gasteiger partial charge < -0.3 is 15.4 Å². The van der Waals surface area contributed by atoms with Gasteiger partial charge in [-0.15, -0.1) is 12.4 Å². The standard InChI is InChI=1S/C17H26N2O2S.ClH/c1-13(2)14-3-5-16(6-4-14)21-9-7-19-17(20)11-15-12-22-10-8-18-15;/h3-6,13,15,18H,7-12H2,1-2H3,(H,19,20);1H. The number of carbonyl (C=O) groups is 1. The molecular formula is C17H27ClN2O2S. The SMILES string of the molecule is CC(C)c1ccc(OCCNC(=O)CC2CSCCN2)cc1.Cl. The predicted molar refractivity (Wildman–Crippen MR) is 100 cm³/mol. The molecule has 1 amide bonds. The number of hydrogen-bond donors (Lipinski definition) is 2. The Morgan fingerprint density at radius 2 is 2.13 bits per heavy atom. The molecule has 6 heteroatoms. The van der Waals surface area contributed by atoms with E-state index in [0.717, 1.165) is 23.8 Å². The minimum absolute atomic E-state index is 0. The zero-order valence-corrected chi connectivity index (χ0v) is 15.5. The van der Waals surface area contributed by atoms with E-state index in [1.54, 1.807) is 0 Å². The maximum absolute atomic E-state index is 11.8. The van der Waals surface area contributed by atoms with Crippen LogP contribution in [0.2, 0.25) is 0 Å². The van der Waals surface area contributed by atoms with E-state index in [-0.39, 0.29) is 18.3 Å². The Balaban J connectivity index is 0.00000264. The number of carbonyl (C=O) groups excluding carboxylic acids is 1. The molecular weight excluding hydrogens is 332 g/mol. The third-order valence-corrected chi connectivity index (χ3v) is 4.80.